The van der Waals surface area contributed by atoms with Gasteiger partial charge in [-0.1, -0.05) is 30.3 Å². The van der Waals surface area contributed by atoms with Crippen molar-refractivity contribution in [3.8, 4) is 11.1 Å². The van der Waals surface area contributed by atoms with Gasteiger partial charge in [0.25, 0.3) is 0 Å². The maximum atomic E-state index is 5.83. The minimum absolute atomic E-state index is 0.795. The normalized spacial score (nSPS) is 10.2. The minimum Gasteiger partial charge on any atom is -0.389 e. The molecule has 0 fully saturated rings. The fourth-order valence-corrected chi connectivity index (χ4v) is 2.03. The van der Waals surface area contributed by atoms with E-state index in [9.17, 15) is 0 Å². The van der Waals surface area contributed by atoms with Crippen molar-refractivity contribution in [1.29, 1.82) is 0 Å². The van der Waals surface area contributed by atoms with Gasteiger partial charge in [0.2, 0.25) is 0 Å². The summed E-state index contributed by atoms with van der Waals surface area (Å²) in [5.41, 5.74) is 9.06. The van der Waals surface area contributed by atoms with Crippen LogP contribution in [0.2, 0.25) is 0 Å². The molecular formula is C10H10N2S. The number of nitrogens with zero attached hydrogens (tertiary/aromatic N) is 1. The van der Waals surface area contributed by atoms with Gasteiger partial charge in [-0.25, -0.2) is 0 Å². The fraction of sp³-hybridized carbons (Fsp3) is 0.100. The summed E-state index contributed by atoms with van der Waals surface area (Å²) in [5.74, 6) is 0. The van der Waals surface area contributed by atoms with Crippen molar-refractivity contribution in [2.24, 2.45) is 0 Å². The van der Waals surface area contributed by atoms with Crippen LogP contribution < -0.4 is 5.73 Å². The van der Waals surface area contributed by atoms with Crippen molar-refractivity contribution >= 4 is 16.5 Å². The number of nitrogens with two attached hydrogens (primary N) is 1. The molecule has 0 aliphatic heterocycles. The quantitative estimate of drug-likeness (QED) is 0.751. The predicted octanol–water partition coefficient (Wildman–Crippen LogP) is 2.70. The van der Waals surface area contributed by atoms with E-state index < -0.39 is 0 Å². The molecule has 66 valence electrons. The molecule has 13 heavy (non-hydrogen) atoms. The summed E-state index contributed by atoms with van der Waals surface area (Å²) in [6, 6.07) is 10.1. The van der Waals surface area contributed by atoms with Crippen LogP contribution in [-0.4, -0.2) is 4.37 Å². The molecule has 1 heterocycles. The van der Waals surface area contributed by atoms with E-state index in [0.717, 1.165) is 21.8 Å². The maximum Gasteiger partial charge on any atom is 0.115 e. The number of rotatable bonds is 1. The fourth-order valence-electron chi connectivity index (χ4n) is 1.34. The van der Waals surface area contributed by atoms with E-state index >= 15 is 0 Å². The third-order valence-electron chi connectivity index (χ3n) is 1.95. The first-order chi connectivity index (χ1) is 6.29. The maximum absolute atomic E-state index is 5.83. The molecule has 0 atom stereocenters. The molecule has 0 aliphatic rings. The lowest BCUT2D eigenvalue weighted by molar-refractivity contribution is 1.34. The van der Waals surface area contributed by atoms with Gasteiger partial charge in [0, 0.05) is 5.56 Å². The van der Waals surface area contributed by atoms with Crippen LogP contribution in [0.15, 0.2) is 30.3 Å². The minimum atomic E-state index is 0.795. The van der Waals surface area contributed by atoms with Crippen LogP contribution in [0.25, 0.3) is 11.1 Å². The monoisotopic (exact) mass is 190 g/mol. The zero-order valence-corrected chi connectivity index (χ0v) is 8.14. The molecule has 2 N–H and O–H groups in total. The van der Waals surface area contributed by atoms with Crippen LogP contribution in [0.5, 0.6) is 0 Å². The Kier molecular flexibility index (Phi) is 2.02. The van der Waals surface area contributed by atoms with Crippen molar-refractivity contribution in [2.45, 2.75) is 6.92 Å². The Hall–Kier alpha value is -1.35. The summed E-state index contributed by atoms with van der Waals surface area (Å²) in [4.78, 5) is 0. The molecule has 0 radical (unpaired) electrons. The Bertz CT molecular complexity index is 387. The number of aryl methyl sites for hydroxylation is 1. The molecule has 1 aromatic heterocycles. The Morgan fingerprint density at radius 2 is 1.92 bits per heavy atom. The SMILES string of the molecule is Cc1nsc(N)c1-c1ccccc1. The van der Waals surface area contributed by atoms with Crippen LogP contribution in [0.4, 0.5) is 5.00 Å². The van der Waals surface area contributed by atoms with E-state index in [0.29, 0.717) is 0 Å². The largest absolute Gasteiger partial charge is 0.389 e. The standard InChI is InChI=1S/C10H10N2S/c1-7-9(10(11)13-12-7)8-5-3-2-4-6-8/h2-6H,11H2,1H3. The van der Waals surface area contributed by atoms with Crippen molar-refractivity contribution in [3.05, 3.63) is 36.0 Å². The topological polar surface area (TPSA) is 38.9 Å². The van der Waals surface area contributed by atoms with E-state index in [1.54, 1.807) is 0 Å². The second-order valence-electron chi connectivity index (χ2n) is 2.87. The summed E-state index contributed by atoms with van der Waals surface area (Å²) in [5, 5.41) is 0.795. The second-order valence-corrected chi connectivity index (χ2v) is 3.68. The van der Waals surface area contributed by atoms with E-state index in [4.69, 9.17) is 5.73 Å². The average Bonchev–Trinajstić information content (AvgIpc) is 2.48. The first kappa shape index (κ1) is 8.26. The van der Waals surface area contributed by atoms with E-state index in [1.807, 2.05) is 37.3 Å². The van der Waals surface area contributed by atoms with Crippen molar-refractivity contribution in [2.75, 3.05) is 5.73 Å². The Balaban J connectivity index is 2.59. The summed E-state index contributed by atoms with van der Waals surface area (Å²) >= 11 is 1.35. The van der Waals surface area contributed by atoms with Crippen LogP contribution >= 0.6 is 11.5 Å². The van der Waals surface area contributed by atoms with Crippen LogP contribution in [0.1, 0.15) is 5.69 Å². The van der Waals surface area contributed by atoms with Gasteiger partial charge < -0.3 is 5.73 Å². The van der Waals surface area contributed by atoms with Crippen molar-refractivity contribution < 1.29 is 0 Å². The zero-order valence-electron chi connectivity index (χ0n) is 7.32. The molecule has 0 aliphatic carbocycles. The highest BCUT2D eigenvalue weighted by atomic mass is 32.1. The smallest absolute Gasteiger partial charge is 0.115 e. The first-order valence-corrected chi connectivity index (χ1v) is 4.83. The average molecular weight is 190 g/mol. The third-order valence-corrected chi connectivity index (χ3v) is 2.72. The summed E-state index contributed by atoms with van der Waals surface area (Å²) in [6.45, 7) is 1.98. The van der Waals surface area contributed by atoms with Gasteiger partial charge in [0.1, 0.15) is 5.00 Å². The number of aromatic nitrogens is 1. The number of nitrogen functional groups attached to an aromatic ring is 1. The highest BCUT2D eigenvalue weighted by Crippen LogP contribution is 2.31. The Labute approximate surface area is 81.2 Å². The summed E-state index contributed by atoms with van der Waals surface area (Å²) < 4.78 is 4.21. The van der Waals surface area contributed by atoms with E-state index in [1.165, 1.54) is 11.5 Å². The molecule has 0 spiro atoms. The molecular weight excluding hydrogens is 180 g/mol. The van der Waals surface area contributed by atoms with Gasteiger partial charge in [0.05, 0.1) is 5.69 Å². The molecule has 0 saturated heterocycles. The molecule has 1 aromatic carbocycles. The molecule has 2 aromatic rings. The molecule has 0 bridgehead atoms. The molecule has 2 nitrogen and oxygen atoms in total. The molecule has 2 rings (SSSR count). The van der Waals surface area contributed by atoms with Gasteiger partial charge in [-0.3, -0.25) is 0 Å². The highest BCUT2D eigenvalue weighted by Gasteiger charge is 2.08. The number of hydrogen-bond donors (Lipinski definition) is 1. The van der Waals surface area contributed by atoms with Crippen LogP contribution in [0.3, 0.4) is 0 Å². The Morgan fingerprint density at radius 1 is 1.23 bits per heavy atom. The lowest BCUT2D eigenvalue weighted by atomic mass is 10.1. The van der Waals surface area contributed by atoms with Crippen molar-refractivity contribution in [1.82, 2.24) is 4.37 Å². The third kappa shape index (κ3) is 1.42. The summed E-state index contributed by atoms with van der Waals surface area (Å²) in [6.07, 6.45) is 0. The van der Waals surface area contributed by atoms with E-state index in [-0.39, 0.29) is 0 Å². The van der Waals surface area contributed by atoms with Crippen LogP contribution in [-0.2, 0) is 0 Å². The first-order valence-electron chi connectivity index (χ1n) is 4.06. The lowest BCUT2D eigenvalue weighted by Gasteiger charge is -1.99. The van der Waals surface area contributed by atoms with Gasteiger partial charge in [-0.2, -0.15) is 4.37 Å². The Morgan fingerprint density at radius 3 is 2.46 bits per heavy atom. The van der Waals surface area contributed by atoms with Gasteiger partial charge in [0.15, 0.2) is 0 Å². The number of anilines is 1. The zero-order chi connectivity index (χ0) is 9.26. The second kappa shape index (κ2) is 3.18. The van der Waals surface area contributed by atoms with Crippen molar-refractivity contribution in [3.63, 3.8) is 0 Å². The van der Waals surface area contributed by atoms with Gasteiger partial charge >= 0.3 is 0 Å². The summed E-state index contributed by atoms with van der Waals surface area (Å²) in [7, 11) is 0. The molecule has 0 unspecified atom stereocenters. The highest BCUT2D eigenvalue weighted by molar-refractivity contribution is 7.10. The molecule has 0 saturated carbocycles. The predicted molar refractivity (Wildman–Crippen MR) is 56.7 cm³/mol. The van der Waals surface area contributed by atoms with Crippen LogP contribution in [0, 0.1) is 6.92 Å². The van der Waals surface area contributed by atoms with Gasteiger partial charge in [-0.15, -0.1) is 0 Å². The molecule has 3 heteroatoms. The lowest BCUT2D eigenvalue weighted by Crippen LogP contribution is -1.85. The number of hydrogen-bond acceptors (Lipinski definition) is 3. The van der Waals surface area contributed by atoms with E-state index in [2.05, 4.69) is 4.37 Å². The van der Waals surface area contributed by atoms with Gasteiger partial charge in [-0.05, 0) is 24.0 Å². The molecule has 0 amide bonds. The number of benzene rings is 1.